The van der Waals surface area contributed by atoms with Crippen LogP contribution in [0.5, 0.6) is 0 Å². The smallest absolute Gasteiger partial charge is 0.105 e. The first-order valence-electron chi connectivity index (χ1n) is 7.07. The van der Waals surface area contributed by atoms with E-state index in [9.17, 15) is 0 Å². The van der Waals surface area contributed by atoms with Crippen molar-refractivity contribution < 1.29 is 0 Å². The molecule has 1 aromatic rings. The first kappa shape index (κ1) is 15.7. The lowest BCUT2D eigenvalue weighted by Crippen LogP contribution is -2.39. The van der Waals surface area contributed by atoms with Gasteiger partial charge in [0.15, 0.2) is 0 Å². The highest BCUT2D eigenvalue weighted by Crippen LogP contribution is 2.27. The summed E-state index contributed by atoms with van der Waals surface area (Å²) in [4.78, 5) is 5.37. The van der Waals surface area contributed by atoms with Gasteiger partial charge in [-0.05, 0) is 60.6 Å². The van der Waals surface area contributed by atoms with E-state index < -0.39 is 0 Å². The first-order chi connectivity index (χ1) is 9.52. The number of halogens is 1. The van der Waals surface area contributed by atoms with Crippen molar-refractivity contribution in [3.05, 3.63) is 28.2 Å². The Bertz CT molecular complexity index is 492. The zero-order valence-corrected chi connectivity index (χ0v) is 14.5. The number of rotatable bonds is 3. The molecule has 1 atom stereocenters. The minimum absolute atomic E-state index is 0.436. The van der Waals surface area contributed by atoms with Crippen LogP contribution in [-0.2, 0) is 0 Å². The number of benzene rings is 1. The summed E-state index contributed by atoms with van der Waals surface area (Å²) in [6, 6.07) is 6.85. The molecule has 1 fully saturated rings. The van der Waals surface area contributed by atoms with Crippen LogP contribution < -0.4 is 10.6 Å². The molecule has 1 unspecified atom stereocenters. The molecule has 1 aliphatic rings. The van der Waals surface area contributed by atoms with E-state index in [4.69, 9.17) is 18.0 Å². The fourth-order valence-electron chi connectivity index (χ4n) is 2.82. The second kappa shape index (κ2) is 6.87. The number of nitrogens with two attached hydrogens (primary N) is 1. The fraction of sp³-hybridized carbons (Fsp3) is 0.533. The summed E-state index contributed by atoms with van der Waals surface area (Å²) in [6.45, 7) is 5.64. The van der Waals surface area contributed by atoms with Gasteiger partial charge >= 0.3 is 0 Å². The van der Waals surface area contributed by atoms with Crippen LogP contribution in [0.4, 0.5) is 5.69 Å². The maximum atomic E-state index is 5.72. The van der Waals surface area contributed by atoms with Gasteiger partial charge in [0.05, 0.1) is 0 Å². The van der Waals surface area contributed by atoms with E-state index in [1.807, 2.05) is 6.07 Å². The quantitative estimate of drug-likeness (QED) is 0.844. The molecule has 0 bridgehead atoms. The molecule has 0 aliphatic carbocycles. The minimum atomic E-state index is 0.436. The van der Waals surface area contributed by atoms with Gasteiger partial charge in [-0.15, -0.1) is 0 Å². The van der Waals surface area contributed by atoms with E-state index in [0.717, 1.165) is 29.5 Å². The number of nitrogens with zero attached hydrogens (tertiary/aromatic N) is 2. The molecule has 1 heterocycles. The van der Waals surface area contributed by atoms with Crippen molar-refractivity contribution >= 4 is 38.8 Å². The molecule has 0 saturated carbocycles. The van der Waals surface area contributed by atoms with Crippen LogP contribution in [0.2, 0.25) is 0 Å². The Morgan fingerprint density at radius 3 is 2.80 bits per heavy atom. The van der Waals surface area contributed by atoms with E-state index in [1.54, 1.807) is 0 Å². The normalized spacial score (nSPS) is 20.8. The van der Waals surface area contributed by atoms with Crippen molar-refractivity contribution in [3.8, 4) is 0 Å². The van der Waals surface area contributed by atoms with Crippen LogP contribution in [0.15, 0.2) is 22.7 Å². The predicted octanol–water partition coefficient (Wildman–Crippen LogP) is 3.00. The molecule has 0 amide bonds. The van der Waals surface area contributed by atoms with Crippen molar-refractivity contribution in [1.82, 2.24) is 4.90 Å². The van der Waals surface area contributed by atoms with Gasteiger partial charge in [0, 0.05) is 34.9 Å². The van der Waals surface area contributed by atoms with Crippen LogP contribution in [0.25, 0.3) is 0 Å². The topological polar surface area (TPSA) is 32.5 Å². The first-order valence-corrected chi connectivity index (χ1v) is 8.27. The Hall–Kier alpha value is -0.650. The third-order valence-electron chi connectivity index (χ3n) is 3.92. The average Bonchev–Trinajstić information content (AvgIpc) is 2.59. The molecule has 0 radical (unpaired) electrons. The fourth-order valence-corrected chi connectivity index (χ4v) is 3.70. The molecule has 1 saturated heterocycles. The number of likely N-dealkylation sites (N-methyl/N-ethyl adjacent to an activating group) is 1. The van der Waals surface area contributed by atoms with Gasteiger partial charge in [0.25, 0.3) is 0 Å². The van der Waals surface area contributed by atoms with Crippen molar-refractivity contribution in [2.24, 2.45) is 5.73 Å². The Kier molecular flexibility index (Phi) is 5.41. The second-order valence-electron chi connectivity index (χ2n) is 5.40. The highest BCUT2D eigenvalue weighted by atomic mass is 79.9. The standard InChI is InChI=1S/C15H22BrN3S/c1-3-11-10-18(2)7-4-8-19(11)12-5-6-13(15(17)20)14(16)9-12/h5-6,9,11H,3-4,7-8,10H2,1-2H3,(H2,17,20). The zero-order valence-electron chi connectivity index (χ0n) is 12.1. The molecule has 2 N–H and O–H groups in total. The van der Waals surface area contributed by atoms with E-state index in [0.29, 0.717) is 11.0 Å². The summed E-state index contributed by atoms with van der Waals surface area (Å²) in [7, 11) is 2.21. The largest absolute Gasteiger partial charge is 0.389 e. The highest BCUT2D eigenvalue weighted by Gasteiger charge is 2.22. The molecule has 20 heavy (non-hydrogen) atoms. The molecule has 1 aromatic carbocycles. The maximum absolute atomic E-state index is 5.72. The van der Waals surface area contributed by atoms with Crippen molar-refractivity contribution in [1.29, 1.82) is 0 Å². The number of hydrogen-bond donors (Lipinski definition) is 1. The monoisotopic (exact) mass is 355 g/mol. The third-order valence-corrected chi connectivity index (χ3v) is 4.80. The molecule has 2 rings (SSSR count). The molecule has 3 nitrogen and oxygen atoms in total. The van der Waals surface area contributed by atoms with Crippen LogP contribution in [0, 0.1) is 0 Å². The molecule has 110 valence electrons. The van der Waals surface area contributed by atoms with Crippen LogP contribution in [0.1, 0.15) is 25.3 Å². The molecule has 1 aliphatic heterocycles. The molecule has 0 spiro atoms. The SMILES string of the molecule is CCC1CN(C)CCCN1c1ccc(C(N)=S)c(Br)c1. The van der Waals surface area contributed by atoms with Gasteiger partial charge < -0.3 is 15.5 Å². The number of hydrogen-bond acceptors (Lipinski definition) is 3. The molecular weight excluding hydrogens is 334 g/mol. The Morgan fingerprint density at radius 1 is 1.45 bits per heavy atom. The van der Waals surface area contributed by atoms with E-state index in [1.165, 1.54) is 18.7 Å². The predicted molar refractivity (Wildman–Crippen MR) is 93.6 cm³/mol. The van der Waals surface area contributed by atoms with E-state index in [2.05, 4.69) is 51.8 Å². The van der Waals surface area contributed by atoms with Gasteiger partial charge in [-0.1, -0.05) is 19.1 Å². The van der Waals surface area contributed by atoms with Gasteiger partial charge in [0.1, 0.15) is 4.99 Å². The molecule has 5 heteroatoms. The van der Waals surface area contributed by atoms with Gasteiger partial charge in [-0.2, -0.15) is 0 Å². The number of anilines is 1. The lowest BCUT2D eigenvalue weighted by molar-refractivity contribution is 0.328. The van der Waals surface area contributed by atoms with Gasteiger partial charge in [-0.3, -0.25) is 0 Å². The number of thiocarbonyl (C=S) groups is 1. The minimum Gasteiger partial charge on any atom is -0.389 e. The van der Waals surface area contributed by atoms with Crippen molar-refractivity contribution in [2.45, 2.75) is 25.8 Å². The maximum Gasteiger partial charge on any atom is 0.105 e. The molecular formula is C15H22BrN3S. The zero-order chi connectivity index (χ0) is 14.7. The summed E-state index contributed by atoms with van der Waals surface area (Å²) in [5.74, 6) is 0. The average molecular weight is 356 g/mol. The van der Waals surface area contributed by atoms with Crippen LogP contribution in [0.3, 0.4) is 0 Å². The van der Waals surface area contributed by atoms with Crippen LogP contribution in [-0.4, -0.2) is 42.6 Å². The summed E-state index contributed by atoms with van der Waals surface area (Å²) in [6.07, 6.45) is 2.35. The second-order valence-corrected chi connectivity index (χ2v) is 6.69. The third kappa shape index (κ3) is 3.51. The van der Waals surface area contributed by atoms with Gasteiger partial charge in [-0.25, -0.2) is 0 Å². The van der Waals surface area contributed by atoms with Crippen molar-refractivity contribution in [3.63, 3.8) is 0 Å². The Morgan fingerprint density at radius 2 is 2.20 bits per heavy atom. The molecule has 0 aromatic heterocycles. The van der Waals surface area contributed by atoms with Gasteiger partial charge in [0.2, 0.25) is 0 Å². The Balaban J connectivity index is 2.28. The lowest BCUT2D eigenvalue weighted by Gasteiger charge is -2.32. The highest BCUT2D eigenvalue weighted by molar-refractivity contribution is 9.10. The summed E-state index contributed by atoms with van der Waals surface area (Å²) in [5, 5.41) is 0. The lowest BCUT2D eigenvalue weighted by atomic mass is 10.1. The van der Waals surface area contributed by atoms with Crippen LogP contribution >= 0.6 is 28.1 Å². The van der Waals surface area contributed by atoms with E-state index >= 15 is 0 Å². The van der Waals surface area contributed by atoms with Crippen molar-refractivity contribution in [2.75, 3.05) is 31.6 Å². The summed E-state index contributed by atoms with van der Waals surface area (Å²) >= 11 is 8.64. The summed E-state index contributed by atoms with van der Waals surface area (Å²) in [5.41, 5.74) is 7.88. The van der Waals surface area contributed by atoms with E-state index in [-0.39, 0.29) is 0 Å². The Labute approximate surface area is 135 Å². The summed E-state index contributed by atoms with van der Waals surface area (Å²) < 4.78 is 0.981.